The molecule has 1 unspecified atom stereocenters. The van der Waals surface area contributed by atoms with Gasteiger partial charge in [0.25, 0.3) is 0 Å². The van der Waals surface area contributed by atoms with Gasteiger partial charge in [0, 0.05) is 23.3 Å². The fraction of sp³-hybridized carbons (Fsp3) is 0.316. The molecule has 0 radical (unpaired) electrons. The van der Waals surface area contributed by atoms with E-state index in [1.165, 1.54) is 0 Å². The van der Waals surface area contributed by atoms with Gasteiger partial charge in [-0.05, 0) is 43.8 Å². The van der Waals surface area contributed by atoms with E-state index in [-0.39, 0.29) is 11.9 Å². The van der Waals surface area contributed by atoms with E-state index in [0.717, 1.165) is 5.56 Å². The van der Waals surface area contributed by atoms with Gasteiger partial charge in [-0.3, -0.25) is 9.69 Å². The maximum absolute atomic E-state index is 12.5. The highest BCUT2D eigenvalue weighted by molar-refractivity contribution is 6.30. The van der Waals surface area contributed by atoms with Gasteiger partial charge in [0.15, 0.2) is 11.5 Å². The van der Waals surface area contributed by atoms with E-state index in [1.54, 1.807) is 6.07 Å². The molecule has 0 bridgehead atoms. The summed E-state index contributed by atoms with van der Waals surface area (Å²) >= 11 is 6.02. The van der Waals surface area contributed by atoms with Gasteiger partial charge in [-0.15, -0.1) is 0 Å². The number of hydrogen-bond acceptors (Lipinski definition) is 4. The van der Waals surface area contributed by atoms with Crippen molar-refractivity contribution in [3.05, 3.63) is 53.1 Å². The Hall–Kier alpha value is -2.24. The lowest BCUT2D eigenvalue weighted by Crippen LogP contribution is -2.39. The molecular formula is C19H21ClN2O3. The molecule has 3 rings (SSSR count). The number of anilines is 1. The summed E-state index contributed by atoms with van der Waals surface area (Å²) in [7, 11) is 1.91. The van der Waals surface area contributed by atoms with E-state index < -0.39 is 0 Å². The van der Waals surface area contributed by atoms with Gasteiger partial charge in [-0.1, -0.05) is 23.7 Å². The van der Waals surface area contributed by atoms with Gasteiger partial charge in [-0.25, -0.2) is 0 Å². The van der Waals surface area contributed by atoms with Crippen LogP contribution in [0.15, 0.2) is 42.5 Å². The van der Waals surface area contributed by atoms with E-state index in [9.17, 15) is 4.79 Å². The molecule has 132 valence electrons. The standard InChI is InChI=1S/C19H21ClN2O3/c1-13(22(2)12-14-4-3-5-15(20)10-14)19(23)21-16-6-7-17-18(11-16)25-9-8-24-17/h3-7,10-11,13H,8-9,12H2,1-2H3,(H,21,23). The van der Waals surface area contributed by atoms with Crippen molar-refractivity contribution in [2.45, 2.75) is 19.5 Å². The van der Waals surface area contributed by atoms with Gasteiger partial charge in [0.1, 0.15) is 13.2 Å². The molecule has 0 fully saturated rings. The van der Waals surface area contributed by atoms with Crippen molar-refractivity contribution >= 4 is 23.2 Å². The Balaban J connectivity index is 1.62. The van der Waals surface area contributed by atoms with Crippen LogP contribution in [-0.2, 0) is 11.3 Å². The molecule has 1 amide bonds. The van der Waals surface area contributed by atoms with Crippen LogP contribution in [0.3, 0.4) is 0 Å². The largest absolute Gasteiger partial charge is 0.486 e. The second kappa shape index (κ2) is 7.76. The second-order valence-corrected chi connectivity index (χ2v) is 6.51. The van der Waals surface area contributed by atoms with Crippen molar-refractivity contribution in [2.24, 2.45) is 0 Å². The molecule has 0 aliphatic carbocycles. The molecule has 0 saturated heterocycles. The smallest absolute Gasteiger partial charge is 0.241 e. The molecule has 1 aliphatic heterocycles. The molecule has 1 heterocycles. The Labute approximate surface area is 152 Å². The van der Waals surface area contributed by atoms with Gasteiger partial charge >= 0.3 is 0 Å². The Bertz CT molecular complexity index is 766. The van der Waals surface area contributed by atoms with Crippen molar-refractivity contribution < 1.29 is 14.3 Å². The first-order chi connectivity index (χ1) is 12.0. The minimum atomic E-state index is -0.299. The zero-order valence-corrected chi connectivity index (χ0v) is 15.0. The van der Waals surface area contributed by atoms with Crippen LogP contribution in [-0.4, -0.2) is 37.1 Å². The third kappa shape index (κ3) is 4.44. The number of nitrogens with one attached hydrogen (secondary N) is 1. The van der Waals surface area contributed by atoms with Crippen LogP contribution in [0, 0.1) is 0 Å². The van der Waals surface area contributed by atoms with Crippen molar-refractivity contribution in [1.29, 1.82) is 0 Å². The van der Waals surface area contributed by atoms with Crippen LogP contribution in [0.4, 0.5) is 5.69 Å². The predicted molar refractivity (Wildman–Crippen MR) is 98.4 cm³/mol. The molecule has 25 heavy (non-hydrogen) atoms. The van der Waals surface area contributed by atoms with Crippen LogP contribution in [0.25, 0.3) is 0 Å². The number of fused-ring (bicyclic) bond motifs is 1. The number of ether oxygens (including phenoxy) is 2. The summed E-state index contributed by atoms with van der Waals surface area (Å²) in [5.41, 5.74) is 1.76. The number of carbonyl (C=O) groups is 1. The minimum Gasteiger partial charge on any atom is -0.486 e. The van der Waals surface area contributed by atoms with E-state index in [4.69, 9.17) is 21.1 Å². The van der Waals surface area contributed by atoms with Crippen LogP contribution >= 0.6 is 11.6 Å². The topological polar surface area (TPSA) is 50.8 Å². The first kappa shape index (κ1) is 17.6. The zero-order chi connectivity index (χ0) is 17.8. The number of hydrogen-bond donors (Lipinski definition) is 1. The maximum Gasteiger partial charge on any atom is 0.241 e. The summed E-state index contributed by atoms with van der Waals surface area (Å²) in [6, 6.07) is 12.8. The van der Waals surface area contributed by atoms with Gasteiger partial charge < -0.3 is 14.8 Å². The van der Waals surface area contributed by atoms with Gasteiger partial charge in [-0.2, -0.15) is 0 Å². The molecule has 1 atom stereocenters. The van der Waals surface area contributed by atoms with Crippen molar-refractivity contribution in [3.8, 4) is 11.5 Å². The van der Waals surface area contributed by atoms with Crippen molar-refractivity contribution in [1.82, 2.24) is 4.90 Å². The van der Waals surface area contributed by atoms with E-state index >= 15 is 0 Å². The van der Waals surface area contributed by atoms with E-state index in [0.29, 0.717) is 42.0 Å². The lowest BCUT2D eigenvalue weighted by molar-refractivity contribution is -0.120. The highest BCUT2D eigenvalue weighted by Crippen LogP contribution is 2.32. The summed E-state index contributed by atoms with van der Waals surface area (Å²) in [4.78, 5) is 14.5. The van der Waals surface area contributed by atoms with Crippen LogP contribution in [0.2, 0.25) is 5.02 Å². The van der Waals surface area contributed by atoms with Crippen molar-refractivity contribution in [2.75, 3.05) is 25.6 Å². The molecule has 6 heteroatoms. The molecule has 0 saturated carbocycles. The number of nitrogens with zero attached hydrogens (tertiary/aromatic N) is 1. The number of benzene rings is 2. The first-order valence-corrected chi connectivity index (χ1v) is 8.56. The number of rotatable bonds is 5. The van der Waals surface area contributed by atoms with Crippen molar-refractivity contribution in [3.63, 3.8) is 0 Å². The summed E-state index contributed by atoms with van der Waals surface area (Å²) in [6.45, 7) is 3.57. The number of halogens is 1. The van der Waals surface area contributed by atoms with Gasteiger partial charge in [0.2, 0.25) is 5.91 Å². The maximum atomic E-state index is 12.5. The average Bonchev–Trinajstić information content (AvgIpc) is 2.61. The molecule has 5 nitrogen and oxygen atoms in total. The SMILES string of the molecule is CC(C(=O)Nc1ccc2c(c1)OCCO2)N(C)Cc1cccc(Cl)c1. The number of carbonyl (C=O) groups excluding carboxylic acids is 1. The summed E-state index contributed by atoms with van der Waals surface area (Å²) in [5, 5.41) is 3.62. The molecule has 0 aromatic heterocycles. The number of likely N-dealkylation sites (N-methyl/N-ethyl adjacent to an activating group) is 1. The normalized spacial score (nSPS) is 14.2. The highest BCUT2D eigenvalue weighted by Gasteiger charge is 2.19. The third-order valence-electron chi connectivity index (χ3n) is 4.17. The Morgan fingerprint density at radius 1 is 1.20 bits per heavy atom. The van der Waals surface area contributed by atoms with E-state index in [1.807, 2.05) is 55.3 Å². The monoisotopic (exact) mass is 360 g/mol. The third-order valence-corrected chi connectivity index (χ3v) is 4.41. The molecule has 1 aliphatic rings. The molecule has 2 aromatic rings. The van der Waals surface area contributed by atoms with Crippen LogP contribution < -0.4 is 14.8 Å². The lowest BCUT2D eigenvalue weighted by Gasteiger charge is -2.24. The molecular weight excluding hydrogens is 340 g/mol. The lowest BCUT2D eigenvalue weighted by atomic mass is 10.2. The quantitative estimate of drug-likeness (QED) is 0.885. The fourth-order valence-electron chi connectivity index (χ4n) is 2.63. The van der Waals surface area contributed by atoms with Gasteiger partial charge in [0.05, 0.1) is 6.04 Å². The molecule has 0 spiro atoms. The highest BCUT2D eigenvalue weighted by atomic mass is 35.5. The minimum absolute atomic E-state index is 0.0822. The summed E-state index contributed by atoms with van der Waals surface area (Å²) in [6.07, 6.45) is 0. The Morgan fingerprint density at radius 2 is 1.96 bits per heavy atom. The summed E-state index contributed by atoms with van der Waals surface area (Å²) in [5.74, 6) is 1.28. The predicted octanol–water partition coefficient (Wildman–Crippen LogP) is 3.57. The van der Waals surface area contributed by atoms with E-state index in [2.05, 4.69) is 5.32 Å². The Morgan fingerprint density at radius 3 is 2.72 bits per heavy atom. The Kier molecular flexibility index (Phi) is 5.46. The second-order valence-electron chi connectivity index (χ2n) is 6.07. The first-order valence-electron chi connectivity index (χ1n) is 8.18. The van der Waals surface area contributed by atoms with Crippen LogP contribution in [0.5, 0.6) is 11.5 Å². The zero-order valence-electron chi connectivity index (χ0n) is 14.3. The fourth-order valence-corrected chi connectivity index (χ4v) is 2.84. The average molecular weight is 361 g/mol. The summed E-state index contributed by atoms with van der Waals surface area (Å²) < 4.78 is 11.0. The molecule has 1 N–H and O–H groups in total. The number of amides is 1. The molecule has 2 aromatic carbocycles. The van der Waals surface area contributed by atoms with Crippen LogP contribution in [0.1, 0.15) is 12.5 Å².